The maximum absolute atomic E-state index is 9.98. The molecule has 0 saturated heterocycles. The molecule has 1 atom stereocenters. The van der Waals surface area contributed by atoms with Crippen molar-refractivity contribution in [3.8, 4) is 0 Å². The molecule has 4 heteroatoms. The maximum Gasteiger partial charge on any atom is 0.327 e. The van der Waals surface area contributed by atoms with E-state index in [2.05, 4.69) is 6.92 Å². The first-order chi connectivity index (χ1) is 5.31. The van der Waals surface area contributed by atoms with Gasteiger partial charge in [0.2, 0.25) is 0 Å². The van der Waals surface area contributed by atoms with Crippen molar-refractivity contribution in [2.24, 2.45) is 0 Å². The topological polar surface area (TPSA) is 26.3 Å². The van der Waals surface area contributed by atoms with Crippen molar-refractivity contribution in [2.75, 3.05) is 0 Å². The summed E-state index contributed by atoms with van der Waals surface area (Å²) in [5.41, 5.74) is 0. The Balaban J connectivity index is 0. The van der Waals surface area contributed by atoms with Crippen molar-refractivity contribution in [3.63, 3.8) is 0 Å². The second-order valence-electron chi connectivity index (χ2n) is 2.84. The van der Waals surface area contributed by atoms with Crippen molar-refractivity contribution >= 4 is 8.69 Å². The van der Waals surface area contributed by atoms with Crippen molar-refractivity contribution in [1.82, 2.24) is 0 Å². The van der Waals surface area contributed by atoms with Crippen LogP contribution >= 0.6 is 8.69 Å². The van der Waals surface area contributed by atoms with Gasteiger partial charge in [-0.25, -0.2) is 4.57 Å². The minimum atomic E-state index is -0.188. The molecule has 0 amide bonds. The molecule has 2 nitrogen and oxygen atoms in total. The number of rotatable bonds is 7. The molecule has 12 heavy (non-hydrogen) atoms. The van der Waals surface area contributed by atoms with Crippen LogP contribution in [0.15, 0.2) is 0 Å². The third kappa shape index (κ3) is 10.6. The van der Waals surface area contributed by atoms with E-state index in [0.717, 1.165) is 6.42 Å². The number of hydrogen-bond acceptors (Lipinski definition) is 2. The van der Waals surface area contributed by atoms with Gasteiger partial charge >= 0.3 is 8.69 Å². The molecule has 0 aromatic carbocycles. The van der Waals surface area contributed by atoms with Crippen molar-refractivity contribution in [2.45, 2.75) is 52.1 Å². The molecule has 0 bridgehead atoms. The van der Waals surface area contributed by atoms with Gasteiger partial charge in [0.1, 0.15) is 0 Å². The van der Waals surface area contributed by atoms with Gasteiger partial charge in [-0.3, -0.25) is 4.52 Å². The molecule has 0 aliphatic carbocycles. The fourth-order valence-corrected chi connectivity index (χ4v) is 1.24. The van der Waals surface area contributed by atoms with Gasteiger partial charge in [0.05, 0.1) is 6.10 Å². The average molecular weight is 235 g/mol. The molecule has 0 saturated carbocycles. The van der Waals surface area contributed by atoms with Crippen molar-refractivity contribution < 1.29 is 25.9 Å². The van der Waals surface area contributed by atoms with E-state index in [9.17, 15) is 4.57 Å². The first-order valence-electron chi connectivity index (χ1n) is 4.29. The standard InChI is InChI=1S/C8H17O2P.Co/c1-3-4-5-6-7-8(2)10-11-9;/h8H,3-7H2,1-2H3;. The zero-order valence-corrected chi connectivity index (χ0v) is 9.65. The Labute approximate surface area is 86.9 Å². The van der Waals surface area contributed by atoms with Crippen LogP contribution in [0.3, 0.4) is 0 Å². The molecule has 75 valence electrons. The smallest absolute Gasteiger partial charge is 0.291 e. The fourth-order valence-electron chi connectivity index (χ4n) is 0.985. The van der Waals surface area contributed by atoms with Gasteiger partial charge in [0.15, 0.2) is 0 Å². The summed E-state index contributed by atoms with van der Waals surface area (Å²) >= 11 is 0. The third-order valence-electron chi connectivity index (χ3n) is 1.69. The van der Waals surface area contributed by atoms with Crippen LogP contribution in [0.5, 0.6) is 0 Å². The Hall–Kier alpha value is 0.566. The minimum Gasteiger partial charge on any atom is -0.291 e. The predicted octanol–water partition coefficient (Wildman–Crippen LogP) is 3.57. The molecule has 0 spiro atoms. The summed E-state index contributed by atoms with van der Waals surface area (Å²) in [6, 6.07) is 0. The number of unbranched alkanes of at least 4 members (excludes halogenated alkanes) is 3. The molecule has 0 aromatic rings. The summed E-state index contributed by atoms with van der Waals surface area (Å²) < 4.78 is 14.8. The van der Waals surface area contributed by atoms with Crippen LogP contribution in [-0.2, 0) is 25.9 Å². The Kier molecular flexibility index (Phi) is 14.5. The SMILES string of the molecule is CCCCCCC(C)OP=O.[Co]. The van der Waals surface area contributed by atoms with Gasteiger partial charge in [-0.1, -0.05) is 32.6 Å². The van der Waals surface area contributed by atoms with Gasteiger partial charge in [-0.2, -0.15) is 0 Å². The van der Waals surface area contributed by atoms with E-state index < -0.39 is 0 Å². The van der Waals surface area contributed by atoms with Crippen LogP contribution in [0.25, 0.3) is 0 Å². The fraction of sp³-hybridized carbons (Fsp3) is 1.00. The van der Waals surface area contributed by atoms with E-state index in [4.69, 9.17) is 4.52 Å². The van der Waals surface area contributed by atoms with Gasteiger partial charge in [-0.05, 0) is 13.3 Å². The van der Waals surface area contributed by atoms with E-state index in [-0.39, 0.29) is 31.6 Å². The molecule has 0 aliphatic heterocycles. The summed E-state index contributed by atoms with van der Waals surface area (Å²) in [5.74, 6) is 0. The molecular weight excluding hydrogens is 218 g/mol. The molecule has 0 N–H and O–H groups in total. The molecule has 1 radical (unpaired) electrons. The van der Waals surface area contributed by atoms with Crippen molar-refractivity contribution in [1.29, 1.82) is 0 Å². The van der Waals surface area contributed by atoms with Crippen LogP contribution in [0.4, 0.5) is 0 Å². The van der Waals surface area contributed by atoms with Crippen LogP contribution in [0.1, 0.15) is 46.0 Å². The van der Waals surface area contributed by atoms with Gasteiger partial charge in [-0.15, -0.1) is 0 Å². The van der Waals surface area contributed by atoms with Gasteiger partial charge in [0, 0.05) is 16.8 Å². The minimum absolute atomic E-state index is 0. The summed E-state index contributed by atoms with van der Waals surface area (Å²) in [6.45, 7) is 4.15. The van der Waals surface area contributed by atoms with E-state index in [1.165, 1.54) is 25.7 Å². The zero-order chi connectivity index (χ0) is 8.53. The Morgan fingerprint density at radius 3 is 2.50 bits per heavy atom. The van der Waals surface area contributed by atoms with Crippen molar-refractivity contribution in [3.05, 3.63) is 0 Å². The Morgan fingerprint density at radius 2 is 2.00 bits per heavy atom. The van der Waals surface area contributed by atoms with Gasteiger partial charge in [0.25, 0.3) is 0 Å². The molecule has 0 rings (SSSR count). The Bertz CT molecular complexity index is 101. The summed E-state index contributed by atoms with van der Waals surface area (Å²) in [5, 5.41) is 0. The number of hydrogen-bond donors (Lipinski definition) is 0. The quantitative estimate of drug-likeness (QED) is 0.498. The van der Waals surface area contributed by atoms with Gasteiger partial charge < -0.3 is 0 Å². The first kappa shape index (κ1) is 15.1. The van der Waals surface area contributed by atoms with Crippen LogP contribution in [-0.4, -0.2) is 6.10 Å². The molecule has 0 fully saturated rings. The second kappa shape index (κ2) is 11.6. The molecule has 1 unspecified atom stereocenters. The Morgan fingerprint density at radius 1 is 1.33 bits per heavy atom. The second-order valence-corrected chi connectivity index (χ2v) is 3.20. The molecular formula is C8H17CoO2P. The summed E-state index contributed by atoms with van der Waals surface area (Å²) in [4.78, 5) is 0. The normalized spacial score (nSPS) is 12.5. The van der Waals surface area contributed by atoms with E-state index >= 15 is 0 Å². The molecule has 0 heterocycles. The third-order valence-corrected chi connectivity index (χ3v) is 2.13. The first-order valence-corrected chi connectivity index (χ1v) is 5.02. The maximum atomic E-state index is 9.98. The van der Waals surface area contributed by atoms with Crippen LogP contribution in [0.2, 0.25) is 0 Å². The average Bonchev–Trinajstić information content (AvgIpc) is 1.99. The monoisotopic (exact) mass is 235 g/mol. The largest absolute Gasteiger partial charge is 0.327 e. The zero-order valence-electron chi connectivity index (χ0n) is 7.71. The van der Waals surface area contributed by atoms with E-state index in [0.29, 0.717) is 0 Å². The summed E-state index contributed by atoms with van der Waals surface area (Å²) in [7, 11) is -0.188. The van der Waals surface area contributed by atoms with E-state index in [1.807, 2.05) is 6.92 Å². The predicted molar refractivity (Wildman–Crippen MR) is 46.9 cm³/mol. The van der Waals surface area contributed by atoms with Crippen LogP contribution in [0, 0.1) is 0 Å². The molecule has 0 aromatic heterocycles. The van der Waals surface area contributed by atoms with Crippen LogP contribution < -0.4 is 0 Å². The summed E-state index contributed by atoms with van der Waals surface area (Å²) in [6.07, 6.45) is 6.17. The van der Waals surface area contributed by atoms with E-state index in [1.54, 1.807) is 0 Å². The molecule has 0 aliphatic rings.